The van der Waals surface area contributed by atoms with Gasteiger partial charge < -0.3 is 4.74 Å². The van der Waals surface area contributed by atoms with Gasteiger partial charge in [0.2, 0.25) is 0 Å². The van der Waals surface area contributed by atoms with E-state index in [0.717, 1.165) is 23.3 Å². The lowest BCUT2D eigenvalue weighted by molar-refractivity contribution is 0.320. The Morgan fingerprint density at radius 2 is 1.70 bits per heavy atom. The molecule has 2 aromatic rings. The van der Waals surface area contributed by atoms with Crippen molar-refractivity contribution in [2.45, 2.75) is 58.8 Å². The van der Waals surface area contributed by atoms with Crippen molar-refractivity contribution in [3.05, 3.63) is 54.8 Å². The van der Waals surface area contributed by atoms with Gasteiger partial charge in [-0.25, -0.2) is 0 Å². The lowest BCUT2D eigenvalue weighted by Crippen LogP contribution is -2.09. The molecule has 0 heterocycles. The van der Waals surface area contributed by atoms with Crippen LogP contribution >= 0.6 is 0 Å². The lowest BCUT2D eigenvalue weighted by Gasteiger charge is -2.20. The third kappa shape index (κ3) is 5.13. The SMILES string of the molecule is C=C(Oc1cccc2ccccc12)C(CCC)CCCCCC. The molecule has 1 unspecified atom stereocenters. The molecule has 0 N–H and O–H groups in total. The Bertz CT molecular complexity index is 609. The van der Waals surface area contributed by atoms with E-state index in [-0.39, 0.29) is 0 Å². The van der Waals surface area contributed by atoms with Gasteiger partial charge in [0.15, 0.2) is 0 Å². The molecule has 0 aliphatic heterocycles. The second-order valence-electron chi connectivity index (χ2n) is 6.38. The number of rotatable bonds is 10. The fourth-order valence-electron chi connectivity index (χ4n) is 3.14. The highest BCUT2D eigenvalue weighted by atomic mass is 16.5. The zero-order valence-corrected chi connectivity index (χ0v) is 14.7. The van der Waals surface area contributed by atoms with Crippen LogP contribution in [0.3, 0.4) is 0 Å². The highest BCUT2D eigenvalue weighted by Gasteiger charge is 2.14. The van der Waals surface area contributed by atoms with Crippen molar-refractivity contribution in [1.82, 2.24) is 0 Å². The number of hydrogen-bond donors (Lipinski definition) is 0. The summed E-state index contributed by atoms with van der Waals surface area (Å²) in [7, 11) is 0. The van der Waals surface area contributed by atoms with Gasteiger partial charge >= 0.3 is 0 Å². The lowest BCUT2D eigenvalue weighted by atomic mass is 9.94. The molecule has 124 valence electrons. The number of hydrogen-bond acceptors (Lipinski definition) is 1. The van der Waals surface area contributed by atoms with Crippen LogP contribution in [-0.4, -0.2) is 0 Å². The van der Waals surface area contributed by atoms with Crippen LogP contribution in [0.2, 0.25) is 0 Å². The van der Waals surface area contributed by atoms with Crippen LogP contribution in [0.25, 0.3) is 10.8 Å². The molecule has 23 heavy (non-hydrogen) atoms. The number of benzene rings is 2. The first-order valence-corrected chi connectivity index (χ1v) is 9.10. The third-order valence-corrected chi connectivity index (χ3v) is 4.49. The smallest absolute Gasteiger partial charge is 0.134 e. The van der Waals surface area contributed by atoms with E-state index in [4.69, 9.17) is 4.74 Å². The maximum Gasteiger partial charge on any atom is 0.134 e. The van der Waals surface area contributed by atoms with E-state index in [1.165, 1.54) is 43.9 Å². The van der Waals surface area contributed by atoms with E-state index in [1.54, 1.807) is 0 Å². The maximum absolute atomic E-state index is 6.20. The van der Waals surface area contributed by atoms with Gasteiger partial charge in [0.25, 0.3) is 0 Å². The highest BCUT2D eigenvalue weighted by Crippen LogP contribution is 2.30. The van der Waals surface area contributed by atoms with E-state index in [9.17, 15) is 0 Å². The predicted octanol–water partition coefficient (Wildman–Crippen LogP) is 7.12. The first-order chi connectivity index (χ1) is 11.3. The highest BCUT2D eigenvalue weighted by molar-refractivity contribution is 5.88. The quantitative estimate of drug-likeness (QED) is 0.335. The van der Waals surface area contributed by atoms with Gasteiger partial charge in [-0.15, -0.1) is 0 Å². The monoisotopic (exact) mass is 310 g/mol. The molecule has 0 saturated heterocycles. The molecule has 1 heteroatoms. The number of unbranched alkanes of at least 4 members (excludes halogenated alkanes) is 3. The summed E-state index contributed by atoms with van der Waals surface area (Å²) in [5.74, 6) is 2.33. The summed E-state index contributed by atoms with van der Waals surface area (Å²) < 4.78 is 6.20. The average molecular weight is 310 g/mol. The zero-order chi connectivity index (χ0) is 16.5. The summed E-state index contributed by atoms with van der Waals surface area (Å²) in [6.45, 7) is 8.75. The summed E-state index contributed by atoms with van der Waals surface area (Å²) in [6.07, 6.45) is 8.74. The summed E-state index contributed by atoms with van der Waals surface area (Å²) in [5.41, 5.74) is 0. The normalized spacial score (nSPS) is 12.3. The molecular weight excluding hydrogens is 280 g/mol. The predicted molar refractivity (Wildman–Crippen MR) is 101 cm³/mol. The van der Waals surface area contributed by atoms with Gasteiger partial charge in [0.05, 0.1) is 0 Å². The molecule has 0 spiro atoms. The molecule has 0 saturated carbocycles. The van der Waals surface area contributed by atoms with Gasteiger partial charge in [-0.1, -0.05) is 88.9 Å². The van der Waals surface area contributed by atoms with Crippen LogP contribution in [0, 0.1) is 5.92 Å². The Morgan fingerprint density at radius 1 is 0.913 bits per heavy atom. The first kappa shape index (κ1) is 17.6. The molecular formula is C22H30O. The molecule has 1 nitrogen and oxygen atoms in total. The maximum atomic E-state index is 6.20. The minimum atomic E-state index is 0.468. The van der Waals surface area contributed by atoms with E-state index in [2.05, 4.69) is 56.8 Å². The second kappa shape index (κ2) is 9.39. The molecule has 2 aromatic carbocycles. The minimum Gasteiger partial charge on any atom is -0.461 e. The third-order valence-electron chi connectivity index (χ3n) is 4.49. The molecule has 0 bridgehead atoms. The Hall–Kier alpha value is -1.76. The molecule has 0 aliphatic rings. The van der Waals surface area contributed by atoms with E-state index >= 15 is 0 Å². The summed E-state index contributed by atoms with van der Waals surface area (Å²) >= 11 is 0. The van der Waals surface area contributed by atoms with Crippen LogP contribution < -0.4 is 4.74 Å². The molecule has 0 amide bonds. The summed E-state index contributed by atoms with van der Waals surface area (Å²) in [6, 6.07) is 14.6. The van der Waals surface area contributed by atoms with Crippen molar-refractivity contribution in [3.63, 3.8) is 0 Å². The summed E-state index contributed by atoms with van der Waals surface area (Å²) in [5, 5.41) is 2.38. The van der Waals surface area contributed by atoms with E-state index < -0.39 is 0 Å². The molecule has 1 atom stereocenters. The fourth-order valence-corrected chi connectivity index (χ4v) is 3.14. The molecule has 0 aromatic heterocycles. The molecule has 2 rings (SSSR count). The number of allylic oxidation sites excluding steroid dienone is 1. The fraction of sp³-hybridized carbons (Fsp3) is 0.455. The van der Waals surface area contributed by atoms with Crippen LogP contribution in [0.1, 0.15) is 58.8 Å². The Labute approximate surface area is 141 Å². The Balaban J connectivity index is 2.04. The van der Waals surface area contributed by atoms with Gasteiger partial charge in [-0.3, -0.25) is 0 Å². The van der Waals surface area contributed by atoms with Crippen LogP contribution in [0.5, 0.6) is 5.75 Å². The minimum absolute atomic E-state index is 0.468. The average Bonchev–Trinajstić information content (AvgIpc) is 2.58. The van der Waals surface area contributed by atoms with Crippen molar-refractivity contribution in [3.8, 4) is 5.75 Å². The Kier molecular flexibility index (Phi) is 7.19. The van der Waals surface area contributed by atoms with E-state index in [1.807, 2.05) is 6.07 Å². The van der Waals surface area contributed by atoms with Crippen molar-refractivity contribution in [2.75, 3.05) is 0 Å². The van der Waals surface area contributed by atoms with Crippen molar-refractivity contribution >= 4 is 10.8 Å². The topological polar surface area (TPSA) is 9.23 Å². The number of fused-ring (bicyclic) bond motifs is 1. The Morgan fingerprint density at radius 3 is 2.48 bits per heavy atom. The van der Waals surface area contributed by atoms with Gasteiger partial charge in [0, 0.05) is 11.3 Å². The van der Waals surface area contributed by atoms with Gasteiger partial charge in [-0.2, -0.15) is 0 Å². The molecule has 0 aliphatic carbocycles. The largest absolute Gasteiger partial charge is 0.461 e. The van der Waals surface area contributed by atoms with Gasteiger partial charge in [0.1, 0.15) is 11.5 Å². The first-order valence-electron chi connectivity index (χ1n) is 9.10. The zero-order valence-electron chi connectivity index (χ0n) is 14.7. The van der Waals surface area contributed by atoms with Crippen molar-refractivity contribution < 1.29 is 4.74 Å². The van der Waals surface area contributed by atoms with Crippen molar-refractivity contribution in [1.29, 1.82) is 0 Å². The number of ether oxygens (including phenoxy) is 1. The van der Waals surface area contributed by atoms with Gasteiger partial charge in [-0.05, 0) is 24.3 Å². The van der Waals surface area contributed by atoms with Crippen LogP contribution in [0.15, 0.2) is 54.8 Å². The van der Waals surface area contributed by atoms with Crippen LogP contribution in [0.4, 0.5) is 0 Å². The van der Waals surface area contributed by atoms with Crippen LogP contribution in [-0.2, 0) is 0 Å². The van der Waals surface area contributed by atoms with Crippen molar-refractivity contribution in [2.24, 2.45) is 5.92 Å². The van der Waals surface area contributed by atoms with E-state index in [0.29, 0.717) is 5.92 Å². The summed E-state index contributed by atoms with van der Waals surface area (Å²) in [4.78, 5) is 0. The molecule has 0 radical (unpaired) electrons. The molecule has 0 fully saturated rings. The second-order valence-corrected chi connectivity index (χ2v) is 6.38. The standard InChI is InChI=1S/C22H30O/c1-4-6-7-8-13-19(12-5-2)18(3)23-22-17-11-15-20-14-9-10-16-21(20)22/h9-11,14-17,19H,3-8,12-13H2,1-2H3.